The monoisotopic (exact) mass is 776 g/mol. The van der Waals surface area contributed by atoms with Crippen molar-refractivity contribution >= 4 is 49.1 Å². The molecule has 0 saturated carbocycles. The molecule has 2 aliphatic rings. The average molecular weight is 777 g/mol. The minimum Gasteiger partial charge on any atom is -0.456 e. The summed E-state index contributed by atoms with van der Waals surface area (Å²) in [5.74, 6) is 6.40. The molecule has 2 aromatic carbocycles. The first kappa shape index (κ1) is 41.4. The molecule has 288 valence electrons. The summed E-state index contributed by atoms with van der Waals surface area (Å²) < 4.78 is 86.1. The molecule has 0 aromatic heterocycles. The number of carbonyl (C=O) groups is 2. The zero-order valence-corrected chi connectivity index (χ0v) is 32.5. The maximum Gasteiger partial charge on any atom is 0.541 e. The molecular formula is C36H48N4O11S2+2. The number of carbonyl (C=O) groups excluding carboxylic acids is 2. The van der Waals surface area contributed by atoms with Crippen LogP contribution < -0.4 is 25.9 Å². The predicted molar refractivity (Wildman–Crippen MR) is 201 cm³/mol. The van der Waals surface area contributed by atoms with Crippen molar-refractivity contribution < 1.29 is 49.4 Å². The van der Waals surface area contributed by atoms with Gasteiger partial charge in [-0.15, -0.1) is 9.28 Å². The first-order chi connectivity index (χ1) is 24.4. The van der Waals surface area contributed by atoms with Gasteiger partial charge >= 0.3 is 12.2 Å². The lowest BCUT2D eigenvalue weighted by Crippen LogP contribution is -2.62. The molecule has 53 heavy (non-hydrogen) atoms. The number of quaternary nitrogens is 1. The summed E-state index contributed by atoms with van der Waals surface area (Å²) in [5.41, 5.74) is 2.36. The molecule has 0 bridgehead atoms. The van der Waals surface area contributed by atoms with E-state index in [-0.39, 0.29) is 41.3 Å². The molecule has 1 unspecified atom stereocenters. The normalized spacial score (nSPS) is 14.5. The van der Waals surface area contributed by atoms with Crippen LogP contribution in [0, 0.1) is 0 Å². The summed E-state index contributed by atoms with van der Waals surface area (Å²) in [7, 11) is -9.03. The van der Waals surface area contributed by atoms with Crippen LogP contribution in [0.25, 0.3) is 33.4 Å². The highest BCUT2D eigenvalue weighted by Gasteiger charge is 2.41. The number of hydrazine groups is 1. The maximum absolute atomic E-state index is 13.6. The van der Waals surface area contributed by atoms with Crippen LogP contribution in [-0.4, -0.2) is 68.2 Å². The van der Waals surface area contributed by atoms with Gasteiger partial charge in [0.25, 0.3) is 20.2 Å². The zero-order chi connectivity index (χ0) is 39.6. The standard InChI is InChI=1S/C36H46N4O11S2/c1-8-9-20-40(37,34(42)51-36(5,6)7)25-16-18-27-30(23-25)49-29-22-24(39(19-12-21-52(43,44)45)38-33(41)50-35(2,3)4)15-17-26(29)32(27)28-13-10-11-14-31(28)53(46,47)48/h10-11,13-18,22-23H,8-9,12,19-21,37H2,1-7H3,(H-2,38,41,43,44,45,46,47,48)/p+2/b39-24+. The Kier molecular flexibility index (Phi) is 12.1. The fraction of sp³-hybridized carbons (Fsp3) is 0.417. The first-order valence-electron chi connectivity index (χ1n) is 17.0. The molecule has 17 heteroatoms. The number of amides is 2. The van der Waals surface area contributed by atoms with E-state index in [2.05, 4.69) is 5.43 Å². The van der Waals surface area contributed by atoms with E-state index < -0.39 is 54.0 Å². The fourth-order valence-electron chi connectivity index (χ4n) is 5.61. The molecule has 1 aliphatic carbocycles. The van der Waals surface area contributed by atoms with Crippen LogP contribution >= 0.6 is 0 Å². The zero-order valence-electron chi connectivity index (χ0n) is 30.9. The van der Waals surface area contributed by atoms with Crippen LogP contribution in [-0.2, 0) is 29.7 Å². The van der Waals surface area contributed by atoms with Crippen molar-refractivity contribution in [2.45, 2.75) is 83.8 Å². The van der Waals surface area contributed by atoms with Gasteiger partial charge in [-0.05, 0) is 66.2 Å². The van der Waals surface area contributed by atoms with Gasteiger partial charge in [0.15, 0.2) is 12.2 Å². The Morgan fingerprint density at radius 1 is 0.887 bits per heavy atom. The summed E-state index contributed by atoms with van der Waals surface area (Å²) in [5, 5.41) is 0.737. The Labute approximate surface area is 309 Å². The van der Waals surface area contributed by atoms with E-state index in [9.17, 15) is 35.5 Å². The maximum atomic E-state index is 13.6. The number of unbranched alkanes of at least 4 members (excludes halogenated alkanes) is 1. The Morgan fingerprint density at radius 2 is 1.55 bits per heavy atom. The Hall–Kier alpha value is -4.39. The summed E-state index contributed by atoms with van der Waals surface area (Å²) in [6, 6.07) is 15.5. The van der Waals surface area contributed by atoms with Crippen molar-refractivity contribution in [1.82, 2.24) is 14.7 Å². The SMILES string of the molecule is CCCC[N+](N)(C(=O)OC(C)(C)C)c1ccc2c(-c3ccccc3S(=O)(=O)O)c3cc/c(=[N+](/CCCS(=O)(=O)O)NC(=O)OC(C)(C)C)cc-3oc2c1. The van der Waals surface area contributed by atoms with Gasteiger partial charge in [-0.2, -0.15) is 27.5 Å². The first-order valence-corrected chi connectivity index (χ1v) is 20.0. The summed E-state index contributed by atoms with van der Waals surface area (Å²) in [6.45, 7) is 12.3. The summed E-state index contributed by atoms with van der Waals surface area (Å²) in [6.07, 6.45) is -0.300. The van der Waals surface area contributed by atoms with Crippen molar-refractivity contribution in [1.29, 1.82) is 0 Å². The van der Waals surface area contributed by atoms with Gasteiger partial charge in [0.05, 0.1) is 11.8 Å². The molecule has 5 N–H and O–H groups in total. The highest BCUT2D eigenvalue weighted by molar-refractivity contribution is 7.86. The molecule has 0 radical (unpaired) electrons. The largest absolute Gasteiger partial charge is 0.541 e. The third-order valence-corrected chi connectivity index (χ3v) is 9.60. The quantitative estimate of drug-likeness (QED) is 0.0268. The number of nitrogens with two attached hydrogens (primary N) is 1. The summed E-state index contributed by atoms with van der Waals surface area (Å²) >= 11 is 0. The van der Waals surface area contributed by atoms with E-state index in [1.807, 2.05) is 6.92 Å². The second-order valence-corrected chi connectivity index (χ2v) is 17.6. The molecule has 2 aromatic rings. The molecule has 1 aliphatic heterocycles. The summed E-state index contributed by atoms with van der Waals surface area (Å²) in [4.78, 5) is 26.1. The average Bonchev–Trinajstić information content (AvgIpc) is 3.02. The predicted octanol–water partition coefficient (Wildman–Crippen LogP) is 5.86. The van der Waals surface area contributed by atoms with Crippen LogP contribution in [0.4, 0.5) is 15.3 Å². The smallest absolute Gasteiger partial charge is 0.456 e. The minimum atomic E-state index is -4.72. The third-order valence-electron chi connectivity index (χ3n) is 7.89. The van der Waals surface area contributed by atoms with Gasteiger partial charge in [-0.25, -0.2) is 4.79 Å². The fourth-order valence-corrected chi connectivity index (χ4v) is 6.81. The molecule has 0 spiro atoms. The van der Waals surface area contributed by atoms with Gasteiger partial charge in [0, 0.05) is 46.7 Å². The minimum absolute atomic E-state index is 0.0821. The van der Waals surface area contributed by atoms with E-state index in [0.717, 1.165) is 6.42 Å². The number of fused-ring (bicyclic) bond motifs is 2. The number of hydrogen-bond acceptors (Lipinski definition) is 10. The van der Waals surface area contributed by atoms with Crippen molar-refractivity contribution in [2.24, 2.45) is 5.84 Å². The van der Waals surface area contributed by atoms with Gasteiger partial charge in [0.1, 0.15) is 34.0 Å². The Balaban J connectivity index is 2.08. The van der Waals surface area contributed by atoms with Gasteiger partial charge in [-0.1, -0.05) is 37.0 Å². The van der Waals surface area contributed by atoms with Crippen LogP contribution in [0.15, 0.2) is 70.0 Å². The number of nitrogens with one attached hydrogen (secondary N) is 1. The van der Waals surface area contributed by atoms with E-state index in [4.69, 9.17) is 19.7 Å². The van der Waals surface area contributed by atoms with Crippen LogP contribution in [0.3, 0.4) is 0 Å². The second kappa shape index (κ2) is 15.5. The number of ether oxygens (including phenoxy) is 2. The highest BCUT2D eigenvalue weighted by atomic mass is 32.2. The van der Waals surface area contributed by atoms with E-state index in [1.54, 1.807) is 84.0 Å². The molecule has 0 saturated heterocycles. The molecule has 0 fully saturated rings. The lowest BCUT2D eigenvalue weighted by Gasteiger charge is -2.31. The number of benzene rings is 3. The van der Waals surface area contributed by atoms with E-state index in [0.29, 0.717) is 34.0 Å². The Bertz CT molecular complexity index is 2270. The highest BCUT2D eigenvalue weighted by Crippen LogP contribution is 2.43. The molecule has 1 heterocycles. The second-order valence-electron chi connectivity index (χ2n) is 14.6. The Morgan fingerprint density at radius 3 is 2.15 bits per heavy atom. The molecule has 1 atom stereocenters. The van der Waals surface area contributed by atoms with Crippen LogP contribution in [0.5, 0.6) is 0 Å². The number of nitrogens with zero attached hydrogens (tertiary/aromatic N) is 2. The third kappa shape index (κ3) is 10.6. The van der Waals surface area contributed by atoms with Crippen LogP contribution in [0.2, 0.25) is 0 Å². The molecule has 4 rings (SSSR count). The number of rotatable bonds is 11. The van der Waals surface area contributed by atoms with Crippen LogP contribution in [0.1, 0.15) is 67.7 Å². The van der Waals surface area contributed by atoms with Gasteiger partial charge in [-0.3, -0.25) is 9.11 Å². The topological polar surface area (TPSA) is 216 Å². The lowest BCUT2D eigenvalue weighted by atomic mass is 9.93. The molecule has 15 nitrogen and oxygen atoms in total. The van der Waals surface area contributed by atoms with E-state index in [1.165, 1.54) is 22.9 Å². The van der Waals surface area contributed by atoms with E-state index >= 15 is 0 Å². The lowest BCUT2D eigenvalue weighted by molar-refractivity contribution is 0.0257. The molecular weight excluding hydrogens is 729 g/mol. The van der Waals surface area contributed by atoms with Crippen molar-refractivity contribution in [2.75, 3.05) is 18.8 Å². The van der Waals surface area contributed by atoms with Gasteiger partial charge in [0.2, 0.25) is 5.36 Å². The van der Waals surface area contributed by atoms with Crippen molar-refractivity contribution in [3.05, 3.63) is 66.0 Å². The number of hydrogen-bond donors (Lipinski definition) is 4. The van der Waals surface area contributed by atoms with Gasteiger partial charge < -0.3 is 13.9 Å². The van der Waals surface area contributed by atoms with Crippen molar-refractivity contribution in [3.63, 3.8) is 0 Å². The van der Waals surface area contributed by atoms with Crippen molar-refractivity contribution in [3.8, 4) is 22.5 Å². The molecule has 2 amide bonds.